The van der Waals surface area contributed by atoms with Crippen LogP contribution in [0.1, 0.15) is 22.3 Å². The third-order valence-corrected chi connectivity index (χ3v) is 5.39. The van der Waals surface area contributed by atoms with Crippen molar-refractivity contribution >= 4 is 27.3 Å². The number of sulfone groups is 1. The monoisotopic (exact) mass is 426 g/mol. The molecule has 0 aliphatic heterocycles. The molecule has 1 amide bonds. The molecule has 0 saturated heterocycles. The van der Waals surface area contributed by atoms with E-state index in [1.165, 1.54) is 6.20 Å². The lowest BCUT2D eigenvalue weighted by Crippen LogP contribution is -2.33. The fourth-order valence-electron chi connectivity index (χ4n) is 2.61. The van der Waals surface area contributed by atoms with E-state index in [9.17, 15) is 18.0 Å². The fourth-order valence-corrected chi connectivity index (χ4v) is 3.31. The van der Waals surface area contributed by atoms with Crippen LogP contribution >= 0.6 is 11.6 Å². The van der Waals surface area contributed by atoms with Crippen LogP contribution in [-0.4, -0.2) is 36.1 Å². The van der Waals surface area contributed by atoms with Crippen LogP contribution in [0.25, 0.3) is 0 Å². The second-order valence-electron chi connectivity index (χ2n) is 6.53. The third kappa shape index (κ3) is 6.15. The highest BCUT2D eigenvalue weighted by molar-refractivity contribution is 7.90. The molecule has 1 aromatic carbocycles. The third-order valence-electron chi connectivity index (χ3n) is 4.23. The summed E-state index contributed by atoms with van der Waals surface area (Å²) < 4.78 is 23.7. The summed E-state index contributed by atoms with van der Waals surface area (Å²) in [6.07, 6.45) is 2.41. The molecule has 0 radical (unpaired) electrons. The number of hydrogen-bond acceptors (Lipinski definition) is 6. The molecule has 0 saturated carbocycles. The minimum absolute atomic E-state index is 0.0606. The molecule has 2 rings (SSSR count). The normalized spacial score (nSPS) is 11.4. The van der Waals surface area contributed by atoms with Crippen molar-refractivity contribution in [1.82, 2.24) is 15.1 Å². The fraction of sp³-hybridized carbons (Fsp3) is 0.389. The van der Waals surface area contributed by atoms with Gasteiger partial charge < -0.3 is 11.1 Å². The molecule has 10 heteroatoms. The van der Waals surface area contributed by atoms with E-state index < -0.39 is 15.4 Å². The first-order chi connectivity index (χ1) is 13.1. The van der Waals surface area contributed by atoms with E-state index in [2.05, 4.69) is 10.4 Å². The molecule has 28 heavy (non-hydrogen) atoms. The van der Waals surface area contributed by atoms with E-state index in [-0.39, 0.29) is 36.7 Å². The standard InChI is InChI=1S/C18H23ClN4O4S/c1-12-10-22-23(5-6-28(2,26)27)18(25)16(12)8-17(24)21-11-14-7-15(19)4-3-13(14)9-20/h3-4,7,10H,5-6,8-9,11,20H2,1-2H3,(H,21,24). The number of aromatic nitrogens is 2. The molecule has 0 bridgehead atoms. The Morgan fingerprint density at radius 1 is 1.32 bits per heavy atom. The van der Waals surface area contributed by atoms with E-state index >= 15 is 0 Å². The van der Waals surface area contributed by atoms with Crippen molar-refractivity contribution in [2.24, 2.45) is 5.73 Å². The minimum atomic E-state index is -3.23. The summed E-state index contributed by atoms with van der Waals surface area (Å²) in [7, 11) is -3.23. The molecule has 2 aromatic rings. The first-order valence-electron chi connectivity index (χ1n) is 8.58. The van der Waals surface area contributed by atoms with Crippen molar-refractivity contribution in [2.75, 3.05) is 12.0 Å². The smallest absolute Gasteiger partial charge is 0.270 e. The average molecular weight is 427 g/mol. The summed E-state index contributed by atoms with van der Waals surface area (Å²) in [5.74, 6) is -0.547. The largest absolute Gasteiger partial charge is 0.352 e. The van der Waals surface area contributed by atoms with Gasteiger partial charge >= 0.3 is 0 Å². The quantitative estimate of drug-likeness (QED) is 0.635. The van der Waals surface area contributed by atoms with Gasteiger partial charge in [-0.2, -0.15) is 5.10 Å². The highest BCUT2D eigenvalue weighted by Gasteiger charge is 2.14. The summed E-state index contributed by atoms with van der Waals surface area (Å²) in [6, 6.07) is 5.27. The first-order valence-corrected chi connectivity index (χ1v) is 11.0. The van der Waals surface area contributed by atoms with Crippen LogP contribution in [0.3, 0.4) is 0 Å². The van der Waals surface area contributed by atoms with Crippen LogP contribution in [0.15, 0.2) is 29.2 Å². The van der Waals surface area contributed by atoms with Crippen LogP contribution < -0.4 is 16.6 Å². The van der Waals surface area contributed by atoms with Crippen LogP contribution in [0.5, 0.6) is 0 Å². The van der Waals surface area contributed by atoms with Gasteiger partial charge in [-0.15, -0.1) is 0 Å². The Hall–Kier alpha value is -2.23. The molecule has 0 fully saturated rings. The Kier molecular flexibility index (Phi) is 7.34. The van der Waals surface area contributed by atoms with E-state index in [4.69, 9.17) is 17.3 Å². The predicted molar refractivity (Wildman–Crippen MR) is 108 cm³/mol. The lowest BCUT2D eigenvalue weighted by molar-refractivity contribution is -0.120. The number of halogens is 1. The molecule has 0 unspecified atom stereocenters. The molecule has 1 aromatic heterocycles. The maximum absolute atomic E-state index is 12.6. The highest BCUT2D eigenvalue weighted by Crippen LogP contribution is 2.15. The van der Waals surface area contributed by atoms with Gasteiger partial charge in [0.05, 0.1) is 24.9 Å². The van der Waals surface area contributed by atoms with Gasteiger partial charge in [0.25, 0.3) is 5.56 Å². The van der Waals surface area contributed by atoms with Crippen molar-refractivity contribution in [1.29, 1.82) is 0 Å². The molecule has 0 aliphatic rings. The van der Waals surface area contributed by atoms with Crippen molar-refractivity contribution in [2.45, 2.75) is 33.0 Å². The van der Waals surface area contributed by atoms with Gasteiger partial charge in [-0.3, -0.25) is 9.59 Å². The molecule has 152 valence electrons. The van der Waals surface area contributed by atoms with Crippen LogP contribution in [-0.2, 0) is 40.7 Å². The zero-order chi connectivity index (χ0) is 20.9. The number of nitrogens with one attached hydrogen (secondary N) is 1. The molecule has 1 heterocycles. The van der Waals surface area contributed by atoms with Gasteiger partial charge in [-0.05, 0) is 35.7 Å². The van der Waals surface area contributed by atoms with E-state index in [0.717, 1.165) is 22.1 Å². The maximum Gasteiger partial charge on any atom is 0.270 e. The predicted octanol–water partition coefficient (Wildman–Crippen LogP) is 0.567. The van der Waals surface area contributed by atoms with Gasteiger partial charge in [-0.25, -0.2) is 13.1 Å². The highest BCUT2D eigenvalue weighted by atomic mass is 35.5. The molecular weight excluding hydrogens is 404 g/mol. The van der Waals surface area contributed by atoms with Crippen LogP contribution in [0.4, 0.5) is 0 Å². The Balaban J connectivity index is 2.11. The van der Waals surface area contributed by atoms with Gasteiger partial charge in [0.1, 0.15) is 9.84 Å². The minimum Gasteiger partial charge on any atom is -0.352 e. The Morgan fingerprint density at radius 2 is 2.04 bits per heavy atom. The summed E-state index contributed by atoms with van der Waals surface area (Å²) in [5.41, 5.74) is 7.76. The second-order valence-corrected chi connectivity index (χ2v) is 9.23. The molecule has 0 aliphatic carbocycles. The lowest BCUT2D eigenvalue weighted by atomic mass is 10.1. The Labute approximate surface area is 168 Å². The Morgan fingerprint density at radius 3 is 2.68 bits per heavy atom. The summed E-state index contributed by atoms with van der Waals surface area (Å²) in [6.45, 7) is 2.17. The maximum atomic E-state index is 12.6. The summed E-state index contributed by atoms with van der Waals surface area (Å²) in [5, 5.41) is 7.26. The number of amides is 1. The lowest BCUT2D eigenvalue weighted by Gasteiger charge is -2.12. The van der Waals surface area contributed by atoms with Gasteiger partial charge in [0, 0.05) is 29.9 Å². The van der Waals surface area contributed by atoms with Crippen molar-refractivity contribution in [3.05, 3.63) is 62.0 Å². The topological polar surface area (TPSA) is 124 Å². The summed E-state index contributed by atoms with van der Waals surface area (Å²) in [4.78, 5) is 24.9. The number of nitrogens with zero attached hydrogens (tertiary/aromatic N) is 2. The number of carbonyl (C=O) groups excluding carboxylic acids is 1. The van der Waals surface area contributed by atoms with Gasteiger partial charge in [-0.1, -0.05) is 17.7 Å². The number of carbonyl (C=O) groups is 1. The van der Waals surface area contributed by atoms with Crippen molar-refractivity contribution in [3.63, 3.8) is 0 Å². The van der Waals surface area contributed by atoms with E-state index in [0.29, 0.717) is 17.1 Å². The Bertz CT molecular complexity index is 1030. The second kappa shape index (κ2) is 9.31. The number of hydrogen-bond donors (Lipinski definition) is 2. The molecule has 0 atom stereocenters. The molecule has 0 spiro atoms. The molecular formula is C18H23ClN4O4S. The number of nitrogens with two attached hydrogens (primary N) is 1. The first kappa shape index (κ1) is 22.1. The van der Waals surface area contributed by atoms with Crippen LogP contribution in [0, 0.1) is 6.92 Å². The number of benzene rings is 1. The van der Waals surface area contributed by atoms with Gasteiger partial charge in [0.2, 0.25) is 5.91 Å². The van der Waals surface area contributed by atoms with Crippen LogP contribution in [0.2, 0.25) is 5.02 Å². The van der Waals surface area contributed by atoms with Crippen molar-refractivity contribution < 1.29 is 13.2 Å². The van der Waals surface area contributed by atoms with E-state index in [1.807, 2.05) is 0 Å². The molecule has 8 nitrogen and oxygen atoms in total. The number of aryl methyl sites for hydroxylation is 2. The average Bonchev–Trinajstić information content (AvgIpc) is 2.62. The number of rotatable bonds is 8. The summed E-state index contributed by atoms with van der Waals surface area (Å²) >= 11 is 5.99. The van der Waals surface area contributed by atoms with Crippen molar-refractivity contribution in [3.8, 4) is 0 Å². The zero-order valence-electron chi connectivity index (χ0n) is 15.7. The van der Waals surface area contributed by atoms with E-state index in [1.54, 1.807) is 25.1 Å². The van der Waals surface area contributed by atoms with Gasteiger partial charge in [0.15, 0.2) is 0 Å². The SMILES string of the molecule is Cc1cnn(CCS(C)(=O)=O)c(=O)c1CC(=O)NCc1cc(Cl)ccc1CN. The zero-order valence-corrected chi connectivity index (χ0v) is 17.3. The molecule has 3 N–H and O–H groups in total.